The lowest BCUT2D eigenvalue weighted by molar-refractivity contribution is -0.188. The summed E-state index contributed by atoms with van der Waals surface area (Å²) in [5.74, 6) is -0.874. The monoisotopic (exact) mass is 392 g/mol. The summed E-state index contributed by atoms with van der Waals surface area (Å²) in [6, 6.07) is 3.38. The van der Waals surface area contributed by atoms with Crippen LogP contribution in [0.2, 0.25) is 0 Å². The molecule has 0 aromatic heterocycles. The van der Waals surface area contributed by atoms with E-state index in [0.717, 1.165) is 0 Å². The van der Waals surface area contributed by atoms with E-state index in [0.29, 0.717) is 22.6 Å². The van der Waals surface area contributed by atoms with Gasteiger partial charge in [-0.1, -0.05) is 0 Å². The smallest absolute Gasteiger partial charge is 0.330 e. The summed E-state index contributed by atoms with van der Waals surface area (Å²) in [5.41, 5.74) is -0.0170. The van der Waals surface area contributed by atoms with Crippen molar-refractivity contribution in [3.05, 3.63) is 29.3 Å². The van der Waals surface area contributed by atoms with Crippen LogP contribution in [0, 0.1) is 0 Å². The summed E-state index contributed by atoms with van der Waals surface area (Å²) in [4.78, 5) is 34.9. The van der Waals surface area contributed by atoms with Gasteiger partial charge >= 0.3 is 17.9 Å². The van der Waals surface area contributed by atoms with Crippen molar-refractivity contribution >= 4 is 24.0 Å². The van der Waals surface area contributed by atoms with E-state index < -0.39 is 35.7 Å². The number of carbonyl (C=O) groups excluding carboxylic acids is 3. The van der Waals surface area contributed by atoms with Crippen molar-refractivity contribution in [1.82, 2.24) is 0 Å². The molecule has 152 valence electrons. The lowest BCUT2D eigenvalue weighted by atomic mass is 9.86. The predicted octanol–water partition coefficient (Wildman–Crippen LogP) is 2.59. The Balaban J connectivity index is 2.66. The van der Waals surface area contributed by atoms with E-state index in [1.54, 1.807) is 26.0 Å². The molecular formula is C20H24O8. The Kier molecular flexibility index (Phi) is 6.33. The Morgan fingerprint density at radius 2 is 1.71 bits per heavy atom. The Labute approximate surface area is 163 Å². The highest BCUT2D eigenvalue weighted by molar-refractivity contribution is 5.87. The number of benzene rings is 1. The first-order valence-corrected chi connectivity index (χ1v) is 8.61. The quantitative estimate of drug-likeness (QED) is 0.428. The molecule has 1 heterocycles. The second kappa shape index (κ2) is 8.33. The summed E-state index contributed by atoms with van der Waals surface area (Å²) in [6.45, 7) is 6.00. The van der Waals surface area contributed by atoms with Gasteiger partial charge in [0.25, 0.3) is 0 Å². The molecule has 0 spiro atoms. The highest BCUT2D eigenvalue weighted by atomic mass is 16.6. The Morgan fingerprint density at radius 3 is 2.25 bits per heavy atom. The van der Waals surface area contributed by atoms with Crippen LogP contribution >= 0.6 is 0 Å². The van der Waals surface area contributed by atoms with E-state index in [9.17, 15) is 14.4 Å². The topological polar surface area (TPSA) is 97.4 Å². The van der Waals surface area contributed by atoms with Crippen molar-refractivity contribution in [3.8, 4) is 11.5 Å². The van der Waals surface area contributed by atoms with Gasteiger partial charge in [-0.15, -0.1) is 0 Å². The van der Waals surface area contributed by atoms with Crippen LogP contribution < -0.4 is 9.47 Å². The zero-order valence-corrected chi connectivity index (χ0v) is 16.7. The van der Waals surface area contributed by atoms with Crippen LogP contribution in [0.4, 0.5) is 0 Å². The lowest BCUT2D eigenvalue weighted by Gasteiger charge is -2.43. The molecule has 0 radical (unpaired) electrons. The standard InChI is InChI=1S/C20H24O8/c1-11(21)26-18-16-14(28-20(3,4)19(18)27-12(2)22)9-7-13(17(16)25-6)8-10-15(23)24-5/h7-10,18-19H,1-6H3/b10-8+/t18-,19-/m1/s1. The molecule has 0 saturated carbocycles. The van der Waals surface area contributed by atoms with Crippen molar-refractivity contribution < 1.29 is 38.1 Å². The Hall–Kier alpha value is -3.03. The summed E-state index contributed by atoms with van der Waals surface area (Å²) in [7, 11) is 2.71. The Morgan fingerprint density at radius 1 is 1.07 bits per heavy atom. The second-order valence-electron chi connectivity index (χ2n) is 6.72. The first-order chi connectivity index (χ1) is 13.1. The van der Waals surface area contributed by atoms with Gasteiger partial charge in [0.05, 0.1) is 19.8 Å². The molecule has 0 bridgehead atoms. The van der Waals surface area contributed by atoms with E-state index in [1.807, 2.05) is 0 Å². The first kappa shape index (κ1) is 21.3. The number of fused-ring (bicyclic) bond motifs is 1. The van der Waals surface area contributed by atoms with Gasteiger partial charge in [0.2, 0.25) is 0 Å². The predicted molar refractivity (Wildman–Crippen MR) is 98.8 cm³/mol. The maximum atomic E-state index is 11.8. The molecule has 1 aromatic rings. The van der Waals surface area contributed by atoms with Crippen LogP contribution in [0.15, 0.2) is 18.2 Å². The molecule has 1 aromatic carbocycles. The van der Waals surface area contributed by atoms with Gasteiger partial charge in [-0.05, 0) is 32.1 Å². The summed E-state index contributed by atoms with van der Waals surface area (Å²) in [5, 5.41) is 0. The van der Waals surface area contributed by atoms with Crippen molar-refractivity contribution in [3.63, 3.8) is 0 Å². The third kappa shape index (κ3) is 4.44. The van der Waals surface area contributed by atoms with Crippen LogP contribution in [-0.2, 0) is 28.6 Å². The normalized spacial score (nSPS) is 19.9. The van der Waals surface area contributed by atoms with E-state index in [1.165, 1.54) is 40.2 Å². The number of rotatable bonds is 5. The molecule has 0 saturated heterocycles. The number of hydrogen-bond donors (Lipinski definition) is 0. The molecule has 28 heavy (non-hydrogen) atoms. The molecule has 2 rings (SSSR count). The summed E-state index contributed by atoms with van der Waals surface area (Å²) < 4.78 is 27.1. The third-order valence-electron chi connectivity index (χ3n) is 4.19. The zero-order chi connectivity index (χ0) is 21.1. The van der Waals surface area contributed by atoms with Crippen LogP contribution in [0.25, 0.3) is 6.08 Å². The van der Waals surface area contributed by atoms with Crippen molar-refractivity contribution in [1.29, 1.82) is 0 Å². The fourth-order valence-corrected chi connectivity index (χ4v) is 3.08. The van der Waals surface area contributed by atoms with Crippen molar-refractivity contribution in [2.24, 2.45) is 0 Å². The minimum atomic E-state index is -0.965. The molecule has 0 fully saturated rings. The molecule has 2 atom stereocenters. The summed E-state index contributed by atoms with van der Waals surface area (Å²) >= 11 is 0. The van der Waals surface area contributed by atoms with E-state index in [4.69, 9.17) is 18.9 Å². The van der Waals surface area contributed by atoms with Crippen molar-refractivity contribution in [2.45, 2.75) is 45.5 Å². The molecule has 0 unspecified atom stereocenters. The average molecular weight is 392 g/mol. The van der Waals surface area contributed by atoms with Gasteiger partial charge in [-0.3, -0.25) is 9.59 Å². The van der Waals surface area contributed by atoms with E-state index >= 15 is 0 Å². The lowest BCUT2D eigenvalue weighted by Crippen LogP contribution is -2.52. The first-order valence-electron chi connectivity index (χ1n) is 8.61. The minimum Gasteiger partial charge on any atom is -0.496 e. The molecule has 0 N–H and O–H groups in total. The van der Waals surface area contributed by atoms with Crippen LogP contribution in [-0.4, -0.2) is 43.8 Å². The maximum absolute atomic E-state index is 11.8. The molecule has 0 aliphatic carbocycles. The number of ether oxygens (including phenoxy) is 5. The minimum absolute atomic E-state index is 0.330. The molecule has 1 aliphatic rings. The molecule has 0 amide bonds. The van der Waals surface area contributed by atoms with Gasteiger partial charge < -0.3 is 23.7 Å². The molecule has 8 heteroatoms. The van der Waals surface area contributed by atoms with Gasteiger partial charge in [0.1, 0.15) is 17.1 Å². The van der Waals surface area contributed by atoms with Gasteiger partial charge in [0.15, 0.2) is 12.2 Å². The molecule has 1 aliphatic heterocycles. The molecule has 8 nitrogen and oxygen atoms in total. The maximum Gasteiger partial charge on any atom is 0.330 e. The highest BCUT2D eigenvalue weighted by Gasteiger charge is 2.49. The number of methoxy groups -OCH3 is 2. The van der Waals surface area contributed by atoms with Crippen LogP contribution in [0.5, 0.6) is 11.5 Å². The largest absolute Gasteiger partial charge is 0.496 e. The second-order valence-corrected chi connectivity index (χ2v) is 6.72. The Bertz CT molecular complexity index is 809. The van der Waals surface area contributed by atoms with Crippen LogP contribution in [0.1, 0.15) is 44.9 Å². The average Bonchev–Trinajstić information content (AvgIpc) is 2.61. The van der Waals surface area contributed by atoms with Gasteiger partial charge in [-0.2, -0.15) is 0 Å². The third-order valence-corrected chi connectivity index (χ3v) is 4.19. The number of hydrogen-bond acceptors (Lipinski definition) is 8. The van der Waals surface area contributed by atoms with Gasteiger partial charge in [-0.25, -0.2) is 4.79 Å². The fourth-order valence-electron chi connectivity index (χ4n) is 3.08. The van der Waals surface area contributed by atoms with Gasteiger partial charge in [0, 0.05) is 25.5 Å². The number of carbonyl (C=O) groups is 3. The van der Waals surface area contributed by atoms with Crippen molar-refractivity contribution in [2.75, 3.05) is 14.2 Å². The highest BCUT2D eigenvalue weighted by Crippen LogP contribution is 2.48. The summed E-state index contributed by atoms with van der Waals surface area (Å²) in [6.07, 6.45) is 0.884. The SMILES string of the molecule is COC(=O)/C=C/c1ccc2c(c1OC)[C@@H](OC(C)=O)[C@@H](OC(C)=O)C(C)(C)O2. The fraction of sp³-hybridized carbons (Fsp3) is 0.450. The zero-order valence-electron chi connectivity index (χ0n) is 16.7. The van der Waals surface area contributed by atoms with Crippen LogP contribution in [0.3, 0.4) is 0 Å². The van der Waals surface area contributed by atoms with E-state index in [2.05, 4.69) is 4.74 Å². The number of esters is 3. The molecular weight excluding hydrogens is 368 g/mol. The van der Waals surface area contributed by atoms with E-state index in [-0.39, 0.29) is 0 Å².